The summed E-state index contributed by atoms with van der Waals surface area (Å²) in [5.74, 6) is 0.950. The molecule has 23 heavy (non-hydrogen) atoms. The highest BCUT2D eigenvalue weighted by Gasteiger charge is 2.24. The van der Waals surface area contributed by atoms with Gasteiger partial charge >= 0.3 is 6.09 Å². The topological polar surface area (TPSA) is 137 Å². The molecule has 2 aromatic rings. The van der Waals surface area contributed by atoms with Crippen molar-refractivity contribution in [1.82, 2.24) is 25.1 Å². The molecule has 2 rings (SSSR count). The molecule has 6 N–H and O–H groups in total. The van der Waals surface area contributed by atoms with Gasteiger partial charge in [0, 0.05) is 25.2 Å². The van der Waals surface area contributed by atoms with Crippen molar-refractivity contribution in [2.75, 3.05) is 18.0 Å². The van der Waals surface area contributed by atoms with Crippen LogP contribution in [0.4, 0.5) is 16.6 Å². The van der Waals surface area contributed by atoms with Gasteiger partial charge in [-0.1, -0.05) is 0 Å². The maximum atomic E-state index is 11.9. The summed E-state index contributed by atoms with van der Waals surface area (Å²) in [4.78, 5) is 18.7. The van der Waals surface area contributed by atoms with Crippen molar-refractivity contribution in [2.45, 2.75) is 38.8 Å². The molecule has 0 aliphatic carbocycles. The normalized spacial score (nSPS) is 11.4. The van der Waals surface area contributed by atoms with Crippen molar-refractivity contribution in [3.63, 3.8) is 0 Å². The summed E-state index contributed by atoms with van der Waals surface area (Å²) >= 11 is 0. The molecule has 9 heteroatoms. The van der Waals surface area contributed by atoms with E-state index in [1.165, 1.54) is 0 Å². The Morgan fingerprint density at radius 1 is 1.48 bits per heavy atom. The quantitative estimate of drug-likeness (QED) is 0.559. The molecule has 0 saturated heterocycles. The van der Waals surface area contributed by atoms with E-state index in [2.05, 4.69) is 20.4 Å². The number of hydrogen-bond donors (Lipinski definition) is 4. The average Bonchev–Trinajstić information content (AvgIpc) is 3.02. The van der Waals surface area contributed by atoms with E-state index in [0.717, 1.165) is 5.69 Å². The third kappa shape index (κ3) is 5.20. The maximum Gasteiger partial charge on any atom is 0.407 e. The molecule has 0 radical (unpaired) electrons. The summed E-state index contributed by atoms with van der Waals surface area (Å²) in [6.45, 7) is 4.77. The van der Waals surface area contributed by atoms with Gasteiger partial charge in [-0.3, -0.25) is 4.68 Å². The van der Waals surface area contributed by atoms with Crippen LogP contribution in [0.2, 0.25) is 0 Å². The number of rotatable bonds is 7. The van der Waals surface area contributed by atoms with Crippen LogP contribution >= 0.6 is 0 Å². The Morgan fingerprint density at radius 3 is 2.87 bits per heavy atom. The first-order valence-electron chi connectivity index (χ1n) is 7.39. The number of imidazole rings is 1. The fraction of sp³-hybridized carbons (Fsp3) is 0.500. The van der Waals surface area contributed by atoms with Gasteiger partial charge in [0.2, 0.25) is 0 Å². The van der Waals surface area contributed by atoms with Crippen LogP contribution in [-0.2, 0) is 17.7 Å². The van der Waals surface area contributed by atoms with Crippen LogP contribution in [0.25, 0.3) is 0 Å². The zero-order chi connectivity index (χ0) is 16.9. The second kappa shape index (κ2) is 7.03. The summed E-state index contributed by atoms with van der Waals surface area (Å²) < 4.78 is 7.11. The van der Waals surface area contributed by atoms with Crippen LogP contribution in [0, 0.1) is 0 Å². The van der Waals surface area contributed by atoms with Crippen LogP contribution in [0.15, 0.2) is 18.5 Å². The number of nitrogens with one attached hydrogen (secondary N) is 2. The molecule has 0 saturated carbocycles. The number of nitrogen functional groups attached to an aromatic ring is 2. The number of aryl methyl sites for hydroxylation is 1. The lowest BCUT2D eigenvalue weighted by atomic mass is 10.0. The van der Waals surface area contributed by atoms with Crippen LogP contribution in [0.3, 0.4) is 0 Å². The first kappa shape index (κ1) is 16.7. The largest absolute Gasteiger partial charge is 0.443 e. The van der Waals surface area contributed by atoms with E-state index in [4.69, 9.17) is 16.2 Å². The third-order valence-electron chi connectivity index (χ3n) is 3.20. The SMILES string of the molecule is CC(C)(Cc1cnc(N)[nH]1)OC(=O)NCCCn1nccc1N. The Morgan fingerprint density at radius 2 is 2.26 bits per heavy atom. The number of alkyl carbamates (subject to hydrolysis) is 1. The van der Waals surface area contributed by atoms with Crippen molar-refractivity contribution in [3.8, 4) is 0 Å². The summed E-state index contributed by atoms with van der Waals surface area (Å²) in [7, 11) is 0. The Bertz CT molecular complexity index is 647. The lowest BCUT2D eigenvalue weighted by molar-refractivity contribution is 0.0387. The van der Waals surface area contributed by atoms with Gasteiger partial charge in [0.1, 0.15) is 11.4 Å². The second-order valence-corrected chi connectivity index (χ2v) is 5.88. The van der Waals surface area contributed by atoms with Crippen LogP contribution in [-0.4, -0.2) is 38.0 Å². The molecule has 0 aliphatic heterocycles. The van der Waals surface area contributed by atoms with E-state index in [0.29, 0.717) is 37.7 Å². The van der Waals surface area contributed by atoms with Gasteiger partial charge < -0.3 is 26.5 Å². The standard InChI is InChI=1S/C14H23N7O2/c1-14(2,8-10-9-18-12(16)20-10)23-13(22)17-5-3-7-21-11(15)4-6-19-21/h4,6,9H,3,5,7-8,15H2,1-2H3,(H,17,22)(H3,16,18,20). The molecule has 0 aromatic carbocycles. The van der Waals surface area contributed by atoms with Gasteiger partial charge in [0.25, 0.3) is 0 Å². The maximum absolute atomic E-state index is 11.9. The number of aromatic amines is 1. The van der Waals surface area contributed by atoms with Crippen LogP contribution in [0.1, 0.15) is 26.0 Å². The van der Waals surface area contributed by atoms with Crippen molar-refractivity contribution < 1.29 is 9.53 Å². The number of aromatic nitrogens is 4. The smallest absolute Gasteiger partial charge is 0.407 e. The Kier molecular flexibility index (Phi) is 5.09. The number of nitrogens with zero attached hydrogens (tertiary/aromatic N) is 3. The molecular weight excluding hydrogens is 298 g/mol. The first-order chi connectivity index (χ1) is 10.9. The van der Waals surface area contributed by atoms with E-state index in [-0.39, 0.29) is 0 Å². The molecule has 0 aliphatic rings. The van der Waals surface area contributed by atoms with E-state index in [1.54, 1.807) is 23.1 Å². The highest BCUT2D eigenvalue weighted by Crippen LogP contribution is 2.16. The van der Waals surface area contributed by atoms with Crippen molar-refractivity contribution in [2.24, 2.45) is 0 Å². The van der Waals surface area contributed by atoms with Gasteiger partial charge in [0.15, 0.2) is 5.95 Å². The minimum atomic E-state index is -0.671. The Labute approximate surface area is 134 Å². The average molecular weight is 321 g/mol. The van der Waals surface area contributed by atoms with Gasteiger partial charge in [0.05, 0.1) is 12.4 Å². The number of hydrogen-bond acceptors (Lipinski definition) is 6. The number of H-pyrrole nitrogens is 1. The van der Waals surface area contributed by atoms with Crippen molar-refractivity contribution in [3.05, 3.63) is 24.2 Å². The Hall–Kier alpha value is -2.71. The first-order valence-corrected chi connectivity index (χ1v) is 7.39. The van der Waals surface area contributed by atoms with Crippen molar-refractivity contribution >= 4 is 17.9 Å². The molecule has 0 spiro atoms. The predicted molar refractivity (Wildman–Crippen MR) is 86.5 cm³/mol. The molecule has 2 heterocycles. The van der Waals surface area contributed by atoms with Crippen LogP contribution in [0.5, 0.6) is 0 Å². The Balaban J connectivity index is 1.70. The highest BCUT2D eigenvalue weighted by molar-refractivity contribution is 5.67. The summed E-state index contributed by atoms with van der Waals surface area (Å²) in [5, 5.41) is 6.79. The second-order valence-electron chi connectivity index (χ2n) is 5.88. The monoisotopic (exact) mass is 321 g/mol. The van der Waals surface area contributed by atoms with E-state index in [9.17, 15) is 4.79 Å². The molecular formula is C14H23N7O2. The molecule has 1 amide bonds. The fourth-order valence-corrected chi connectivity index (χ4v) is 2.20. The van der Waals surface area contributed by atoms with Gasteiger partial charge in [-0.15, -0.1) is 0 Å². The molecule has 0 fully saturated rings. The zero-order valence-corrected chi connectivity index (χ0v) is 13.4. The van der Waals surface area contributed by atoms with E-state index in [1.807, 2.05) is 13.8 Å². The minimum absolute atomic E-state index is 0.346. The van der Waals surface area contributed by atoms with E-state index < -0.39 is 11.7 Å². The predicted octanol–water partition coefficient (Wildman–Crippen LogP) is 0.908. The molecule has 0 bridgehead atoms. The fourth-order valence-electron chi connectivity index (χ4n) is 2.20. The zero-order valence-electron chi connectivity index (χ0n) is 13.4. The van der Waals surface area contributed by atoms with E-state index >= 15 is 0 Å². The highest BCUT2D eigenvalue weighted by atomic mass is 16.6. The van der Waals surface area contributed by atoms with Gasteiger partial charge in [-0.2, -0.15) is 5.10 Å². The minimum Gasteiger partial charge on any atom is -0.443 e. The number of ether oxygens (including phenoxy) is 1. The number of carbonyl (C=O) groups is 1. The number of carbonyl (C=O) groups excluding carboxylic acids is 1. The van der Waals surface area contributed by atoms with Gasteiger partial charge in [-0.05, 0) is 26.3 Å². The number of amides is 1. The molecule has 0 atom stereocenters. The summed E-state index contributed by atoms with van der Waals surface area (Å²) in [6, 6.07) is 1.73. The number of nitrogens with two attached hydrogens (primary N) is 2. The number of anilines is 2. The van der Waals surface area contributed by atoms with Crippen LogP contribution < -0.4 is 16.8 Å². The molecule has 9 nitrogen and oxygen atoms in total. The molecule has 126 valence electrons. The van der Waals surface area contributed by atoms with Crippen molar-refractivity contribution in [1.29, 1.82) is 0 Å². The lowest BCUT2D eigenvalue weighted by Crippen LogP contribution is -2.37. The summed E-state index contributed by atoms with van der Waals surface area (Å²) in [5.41, 5.74) is 11.4. The summed E-state index contributed by atoms with van der Waals surface area (Å²) in [6.07, 6.45) is 4.01. The van der Waals surface area contributed by atoms with Gasteiger partial charge in [-0.25, -0.2) is 9.78 Å². The third-order valence-corrected chi connectivity index (χ3v) is 3.20. The molecule has 2 aromatic heterocycles. The molecule has 0 unspecified atom stereocenters. The lowest BCUT2D eigenvalue weighted by Gasteiger charge is -2.24.